The maximum atomic E-state index is 12.3. The molecule has 0 bridgehead atoms. The van der Waals surface area contributed by atoms with Crippen molar-refractivity contribution in [3.8, 4) is 0 Å². The van der Waals surface area contributed by atoms with Gasteiger partial charge in [-0.2, -0.15) is 0 Å². The molecule has 1 aliphatic heterocycles. The molecule has 0 spiro atoms. The molecule has 183 valence electrons. The Bertz CT molecular complexity index is 1180. The molecule has 2 aromatic carbocycles. The van der Waals surface area contributed by atoms with E-state index in [2.05, 4.69) is 33.4 Å². The molecule has 0 fully saturated rings. The SMILES string of the molecule is CCOC(=O)c1ccccc1Nc1nc([As]c2ccc3c(c2)CCN(CCOC)CC3)ncc1Cl. The molecule has 0 saturated carbocycles. The first kappa shape index (κ1) is 25.6. The van der Waals surface area contributed by atoms with Gasteiger partial charge in [-0.1, -0.05) is 0 Å². The molecule has 9 heteroatoms. The van der Waals surface area contributed by atoms with E-state index in [1.54, 1.807) is 38.4 Å². The number of halogens is 1. The van der Waals surface area contributed by atoms with Crippen LogP contribution in [-0.2, 0) is 22.3 Å². The number of fused-ring (bicyclic) bond motifs is 1. The van der Waals surface area contributed by atoms with Crippen molar-refractivity contribution in [2.75, 3.05) is 45.3 Å². The first-order valence-corrected chi connectivity index (χ1v) is 13.9. The van der Waals surface area contributed by atoms with Gasteiger partial charge < -0.3 is 0 Å². The van der Waals surface area contributed by atoms with Gasteiger partial charge >= 0.3 is 218 Å². The Labute approximate surface area is 217 Å². The number of rotatable bonds is 9. The van der Waals surface area contributed by atoms with Crippen LogP contribution in [0.5, 0.6) is 0 Å². The molecule has 4 rings (SSSR count). The van der Waals surface area contributed by atoms with Crippen LogP contribution in [0.25, 0.3) is 0 Å². The van der Waals surface area contributed by atoms with Crippen LogP contribution in [0, 0.1) is 0 Å². The van der Waals surface area contributed by atoms with E-state index < -0.39 is 21.7 Å². The van der Waals surface area contributed by atoms with E-state index in [-0.39, 0.29) is 0 Å². The number of carbonyl (C=O) groups excluding carboxylic acids is 1. The van der Waals surface area contributed by atoms with Gasteiger partial charge in [-0.15, -0.1) is 0 Å². The monoisotopic (exact) mass is 555 g/mol. The van der Waals surface area contributed by atoms with Crippen molar-refractivity contribution in [1.82, 2.24) is 14.9 Å². The molecule has 1 radical (unpaired) electrons. The van der Waals surface area contributed by atoms with Gasteiger partial charge in [0.05, 0.1) is 0 Å². The molecule has 2 heterocycles. The van der Waals surface area contributed by atoms with Gasteiger partial charge in [0, 0.05) is 0 Å². The minimum atomic E-state index is -0.422. The average molecular weight is 556 g/mol. The number of nitrogens with one attached hydrogen (secondary N) is 1. The van der Waals surface area contributed by atoms with E-state index in [4.69, 9.17) is 26.1 Å². The topological polar surface area (TPSA) is 76.6 Å². The molecular weight excluding hydrogens is 527 g/mol. The second-order valence-electron chi connectivity index (χ2n) is 8.16. The van der Waals surface area contributed by atoms with Gasteiger partial charge in [0.2, 0.25) is 0 Å². The number of nitrogens with zero attached hydrogens (tertiary/aromatic N) is 3. The summed E-state index contributed by atoms with van der Waals surface area (Å²) in [5, 5.41) is 3.60. The molecular formula is C26H29AsClN4O3. The van der Waals surface area contributed by atoms with E-state index in [0.29, 0.717) is 28.7 Å². The molecule has 0 aliphatic carbocycles. The number of methoxy groups -OCH3 is 1. The Balaban J connectivity index is 1.49. The fourth-order valence-corrected chi connectivity index (χ4v) is 5.95. The van der Waals surface area contributed by atoms with Crippen LogP contribution in [0.4, 0.5) is 11.5 Å². The van der Waals surface area contributed by atoms with Crippen molar-refractivity contribution in [2.24, 2.45) is 0 Å². The standard InChI is InChI=1S/C26H29AsClN4O3/c1-3-35-25(33)21-6-4-5-7-23(21)30-24-22(28)17-29-26(31-24)27-20-9-8-18-10-12-32(14-15-34-2)13-11-19(18)16-20/h4-9,16-17H,3,10-15H2,1-2H3,(H,29,30,31). The van der Waals surface area contributed by atoms with Crippen LogP contribution < -0.4 is 14.3 Å². The normalized spacial score (nSPS) is 14.0. The summed E-state index contributed by atoms with van der Waals surface area (Å²) in [4.78, 5) is 24.0. The molecule has 0 unspecified atom stereocenters. The van der Waals surface area contributed by atoms with Crippen molar-refractivity contribution >= 4 is 53.8 Å². The molecule has 0 saturated heterocycles. The number of hydrogen-bond donors (Lipinski definition) is 1. The van der Waals surface area contributed by atoms with Crippen LogP contribution in [0.1, 0.15) is 28.4 Å². The number of aromatic nitrogens is 2. The molecule has 0 amide bonds. The quantitative estimate of drug-likeness (QED) is 0.321. The third-order valence-electron chi connectivity index (χ3n) is 5.83. The van der Waals surface area contributed by atoms with Crippen molar-refractivity contribution in [3.63, 3.8) is 0 Å². The van der Waals surface area contributed by atoms with Crippen LogP contribution in [0.15, 0.2) is 48.7 Å². The number of esters is 1. The Kier molecular flexibility index (Phi) is 9.16. The van der Waals surface area contributed by atoms with Crippen LogP contribution in [0.3, 0.4) is 0 Å². The second kappa shape index (κ2) is 12.5. The molecule has 7 nitrogen and oxygen atoms in total. The zero-order valence-corrected chi connectivity index (χ0v) is 22.6. The number of anilines is 2. The number of para-hydroxylation sites is 1. The molecule has 1 aromatic heterocycles. The zero-order chi connectivity index (χ0) is 24.6. The van der Waals surface area contributed by atoms with Crippen molar-refractivity contribution < 1.29 is 14.3 Å². The number of hydrogen-bond acceptors (Lipinski definition) is 7. The Morgan fingerprint density at radius 1 is 1.17 bits per heavy atom. The summed E-state index contributed by atoms with van der Waals surface area (Å²) in [6, 6.07) is 13.9. The van der Waals surface area contributed by atoms with E-state index >= 15 is 0 Å². The summed E-state index contributed by atoms with van der Waals surface area (Å²) in [6.07, 6.45) is 3.71. The number of benzene rings is 2. The Morgan fingerprint density at radius 3 is 2.77 bits per heavy atom. The Morgan fingerprint density at radius 2 is 1.97 bits per heavy atom. The van der Waals surface area contributed by atoms with Crippen LogP contribution in [0.2, 0.25) is 5.02 Å². The predicted octanol–water partition coefficient (Wildman–Crippen LogP) is 2.75. The van der Waals surface area contributed by atoms with E-state index in [9.17, 15) is 4.79 Å². The first-order valence-electron chi connectivity index (χ1n) is 11.7. The third kappa shape index (κ3) is 6.83. The summed E-state index contributed by atoms with van der Waals surface area (Å²) >= 11 is 5.98. The maximum absolute atomic E-state index is 12.3. The predicted molar refractivity (Wildman–Crippen MR) is 140 cm³/mol. The Hall–Kier alpha value is -2.44. The van der Waals surface area contributed by atoms with Gasteiger partial charge in [-0.05, 0) is 0 Å². The molecule has 0 atom stereocenters. The van der Waals surface area contributed by atoms with Gasteiger partial charge in [-0.25, -0.2) is 0 Å². The van der Waals surface area contributed by atoms with Crippen LogP contribution in [-0.4, -0.2) is 76.5 Å². The molecule has 3 aromatic rings. The van der Waals surface area contributed by atoms with Gasteiger partial charge in [-0.3, -0.25) is 0 Å². The van der Waals surface area contributed by atoms with Crippen LogP contribution >= 0.6 is 11.6 Å². The summed E-state index contributed by atoms with van der Waals surface area (Å²) in [6.45, 7) is 5.93. The average Bonchev–Trinajstić information content (AvgIpc) is 3.07. The molecule has 1 N–H and O–H groups in total. The summed E-state index contributed by atoms with van der Waals surface area (Å²) < 4.78 is 12.4. The molecule has 1 aliphatic rings. The second-order valence-corrected chi connectivity index (χ2v) is 11.0. The summed E-state index contributed by atoms with van der Waals surface area (Å²) in [5.74, 6) is 0.0883. The fourth-order valence-electron chi connectivity index (χ4n) is 3.99. The fraction of sp³-hybridized carbons (Fsp3) is 0.346. The van der Waals surface area contributed by atoms with E-state index in [0.717, 1.165) is 43.7 Å². The van der Waals surface area contributed by atoms with E-state index in [1.165, 1.54) is 15.5 Å². The van der Waals surface area contributed by atoms with Gasteiger partial charge in [0.15, 0.2) is 0 Å². The van der Waals surface area contributed by atoms with E-state index in [1.807, 2.05) is 6.07 Å². The first-order chi connectivity index (χ1) is 17.1. The van der Waals surface area contributed by atoms with Gasteiger partial charge in [0.25, 0.3) is 0 Å². The van der Waals surface area contributed by atoms with Crippen molar-refractivity contribution in [1.29, 1.82) is 0 Å². The van der Waals surface area contributed by atoms with Crippen molar-refractivity contribution in [2.45, 2.75) is 19.8 Å². The number of carbonyl (C=O) groups is 1. The minimum absolute atomic E-state index is 0.307. The van der Waals surface area contributed by atoms with Gasteiger partial charge in [0.1, 0.15) is 0 Å². The summed E-state index contributed by atoms with van der Waals surface area (Å²) in [5.41, 5.74) is 3.86. The zero-order valence-electron chi connectivity index (χ0n) is 20.0. The summed E-state index contributed by atoms with van der Waals surface area (Å²) in [7, 11) is 1.75. The third-order valence-corrected chi connectivity index (χ3v) is 8.11. The van der Waals surface area contributed by atoms with Crippen molar-refractivity contribution in [3.05, 3.63) is 70.4 Å². The number of ether oxygens (including phenoxy) is 2. The molecule has 35 heavy (non-hydrogen) atoms.